The first-order valence-corrected chi connectivity index (χ1v) is 5.97. The van der Waals surface area contributed by atoms with Crippen LogP contribution < -0.4 is 10.6 Å². The van der Waals surface area contributed by atoms with Gasteiger partial charge in [-0.05, 0) is 36.6 Å². The summed E-state index contributed by atoms with van der Waals surface area (Å²) in [6, 6.07) is 4.87. The average molecular weight is 249 g/mol. The Morgan fingerprint density at radius 1 is 1.44 bits per heavy atom. The molecule has 98 valence electrons. The Morgan fingerprint density at radius 3 is 2.83 bits per heavy atom. The molecule has 0 heterocycles. The van der Waals surface area contributed by atoms with Gasteiger partial charge < -0.3 is 10.6 Å². The third-order valence-corrected chi connectivity index (χ3v) is 2.63. The first kappa shape index (κ1) is 14.2. The molecular formula is C14H20FN3. The van der Waals surface area contributed by atoms with Crippen LogP contribution in [0.4, 0.5) is 4.39 Å². The van der Waals surface area contributed by atoms with Gasteiger partial charge in [-0.25, -0.2) is 4.39 Å². The first-order valence-electron chi connectivity index (χ1n) is 5.97. The molecule has 0 atom stereocenters. The smallest absolute Gasteiger partial charge is 0.191 e. The van der Waals surface area contributed by atoms with Gasteiger partial charge in [0, 0.05) is 20.1 Å². The van der Waals surface area contributed by atoms with Crippen molar-refractivity contribution in [1.29, 1.82) is 0 Å². The maximum atomic E-state index is 12.9. The van der Waals surface area contributed by atoms with E-state index in [-0.39, 0.29) is 5.82 Å². The van der Waals surface area contributed by atoms with Crippen LogP contribution in [-0.4, -0.2) is 26.1 Å². The summed E-state index contributed by atoms with van der Waals surface area (Å²) in [6.07, 6.45) is 2.61. The molecule has 0 aliphatic carbocycles. The second-order valence-corrected chi connectivity index (χ2v) is 3.99. The summed E-state index contributed by atoms with van der Waals surface area (Å²) in [6.45, 7) is 6.98. The van der Waals surface area contributed by atoms with Crippen LogP contribution in [0.15, 0.2) is 35.8 Å². The number of nitrogens with zero attached hydrogens (tertiary/aromatic N) is 1. The minimum Gasteiger partial charge on any atom is -0.356 e. The highest BCUT2D eigenvalue weighted by molar-refractivity contribution is 5.79. The van der Waals surface area contributed by atoms with Crippen molar-refractivity contribution in [3.63, 3.8) is 0 Å². The van der Waals surface area contributed by atoms with Crippen molar-refractivity contribution in [2.24, 2.45) is 4.99 Å². The summed E-state index contributed by atoms with van der Waals surface area (Å²) in [7, 11) is 1.72. The Labute approximate surface area is 108 Å². The largest absolute Gasteiger partial charge is 0.356 e. The fourth-order valence-electron chi connectivity index (χ4n) is 1.64. The number of benzene rings is 1. The third kappa shape index (κ3) is 4.57. The molecular weight excluding hydrogens is 229 g/mol. The molecule has 0 saturated heterocycles. The van der Waals surface area contributed by atoms with E-state index in [4.69, 9.17) is 0 Å². The molecule has 0 aliphatic rings. The van der Waals surface area contributed by atoms with Gasteiger partial charge >= 0.3 is 0 Å². The Bertz CT molecular complexity index is 427. The fraction of sp³-hybridized carbons (Fsp3) is 0.357. The van der Waals surface area contributed by atoms with E-state index < -0.39 is 0 Å². The molecule has 0 aliphatic heterocycles. The van der Waals surface area contributed by atoms with Crippen LogP contribution in [-0.2, 0) is 6.42 Å². The summed E-state index contributed by atoms with van der Waals surface area (Å²) in [5.41, 5.74) is 2.12. The van der Waals surface area contributed by atoms with Gasteiger partial charge in [0.2, 0.25) is 0 Å². The molecule has 4 heteroatoms. The Kier molecular flexibility index (Phi) is 5.91. The zero-order chi connectivity index (χ0) is 13.4. The molecule has 0 aromatic heterocycles. The number of hydrogen-bond donors (Lipinski definition) is 2. The van der Waals surface area contributed by atoms with Crippen molar-refractivity contribution < 1.29 is 4.39 Å². The lowest BCUT2D eigenvalue weighted by molar-refractivity contribution is 0.625. The highest BCUT2D eigenvalue weighted by Gasteiger charge is 2.01. The molecule has 0 amide bonds. The summed E-state index contributed by atoms with van der Waals surface area (Å²) in [5, 5.41) is 6.28. The van der Waals surface area contributed by atoms with E-state index >= 15 is 0 Å². The zero-order valence-corrected chi connectivity index (χ0v) is 11.0. The highest BCUT2D eigenvalue weighted by atomic mass is 19.1. The molecule has 0 unspecified atom stereocenters. The molecule has 1 rings (SSSR count). The summed E-state index contributed by atoms with van der Waals surface area (Å²) >= 11 is 0. The van der Waals surface area contributed by atoms with E-state index in [0.717, 1.165) is 30.1 Å². The molecule has 0 radical (unpaired) electrons. The highest BCUT2D eigenvalue weighted by Crippen LogP contribution is 2.10. The normalized spacial score (nSPS) is 11.2. The van der Waals surface area contributed by atoms with Crippen LogP contribution in [0.2, 0.25) is 0 Å². The Morgan fingerprint density at radius 2 is 2.22 bits per heavy atom. The molecule has 2 N–H and O–H groups in total. The van der Waals surface area contributed by atoms with Crippen molar-refractivity contribution >= 4 is 5.96 Å². The lowest BCUT2D eigenvalue weighted by Crippen LogP contribution is -2.38. The average Bonchev–Trinajstić information content (AvgIpc) is 2.36. The number of nitrogens with one attached hydrogen (secondary N) is 2. The van der Waals surface area contributed by atoms with Gasteiger partial charge in [0.15, 0.2) is 5.96 Å². The van der Waals surface area contributed by atoms with Crippen molar-refractivity contribution in [3.8, 4) is 0 Å². The standard InChI is InChI=1S/C14H20FN3/c1-4-8-17-14(16-3)18-9-7-12-5-6-13(15)10-11(12)2/h4-6,10H,1,7-9H2,2-3H3,(H2,16,17,18). The van der Waals surface area contributed by atoms with Gasteiger partial charge in [-0.1, -0.05) is 12.1 Å². The summed E-state index contributed by atoms with van der Waals surface area (Å²) in [5.74, 6) is 0.558. The number of aryl methyl sites for hydroxylation is 1. The van der Waals surface area contributed by atoms with Crippen LogP contribution in [0.5, 0.6) is 0 Å². The van der Waals surface area contributed by atoms with Gasteiger partial charge in [0.05, 0.1) is 0 Å². The third-order valence-electron chi connectivity index (χ3n) is 2.63. The van der Waals surface area contributed by atoms with Crippen molar-refractivity contribution in [2.75, 3.05) is 20.1 Å². The van der Waals surface area contributed by atoms with Gasteiger partial charge in [0.1, 0.15) is 5.82 Å². The molecule has 1 aromatic carbocycles. The Hall–Kier alpha value is -1.84. The first-order chi connectivity index (χ1) is 8.67. The second kappa shape index (κ2) is 7.48. The van der Waals surface area contributed by atoms with Crippen LogP contribution in [0.25, 0.3) is 0 Å². The molecule has 3 nitrogen and oxygen atoms in total. The van der Waals surface area contributed by atoms with Gasteiger partial charge in [0.25, 0.3) is 0 Å². The fourth-order valence-corrected chi connectivity index (χ4v) is 1.64. The molecule has 0 saturated carbocycles. The van der Waals surface area contributed by atoms with Gasteiger partial charge in [-0.2, -0.15) is 0 Å². The van der Waals surface area contributed by atoms with E-state index in [1.165, 1.54) is 6.07 Å². The SMILES string of the molecule is C=CCNC(=NC)NCCc1ccc(F)cc1C. The minimum atomic E-state index is -0.187. The Balaban J connectivity index is 2.43. The summed E-state index contributed by atoms with van der Waals surface area (Å²) in [4.78, 5) is 4.08. The predicted octanol–water partition coefficient (Wildman–Crippen LogP) is 2.03. The summed E-state index contributed by atoms with van der Waals surface area (Å²) < 4.78 is 12.9. The van der Waals surface area contributed by atoms with Gasteiger partial charge in [-0.15, -0.1) is 6.58 Å². The number of halogens is 1. The molecule has 18 heavy (non-hydrogen) atoms. The molecule has 1 aromatic rings. The predicted molar refractivity (Wildman–Crippen MR) is 74.4 cm³/mol. The lowest BCUT2D eigenvalue weighted by Gasteiger charge is -2.11. The van der Waals surface area contributed by atoms with E-state index in [2.05, 4.69) is 22.2 Å². The number of hydrogen-bond acceptors (Lipinski definition) is 1. The van der Waals surface area contributed by atoms with Crippen LogP contribution >= 0.6 is 0 Å². The number of rotatable bonds is 5. The molecule has 0 fully saturated rings. The molecule has 0 bridgehead atoms. The zero-order valence-electron chi connectivity index (χ0n) is 11.0. The monoisotopic (exact) mass is 249 g/mol. The van der Waals surface area contributed by atoms with E-state index in [0.29, 0.717) is 6.54 Å². The quantitative estimate of drug-likeness (QED) is 0.476. The van der Waals surface area contributed by atoms with E-state index in [9.17, 15) is 4.39 Å². The second-order valence-electron chi connectivity index (χ2n) is 3.99. The van der Waals surface area contributed by atoms with Crippen molar-refractivity contribution in [2.45, 2.75) is 13.3 Å². The maximum absolute atomic E-state index is 12.9. The van der Waals surface area contributed by atoms with Crippen molar-refractivity contribution in [3.05, 3.63) is 47.8 Å². The maximum Gasteiger partial charge on any atom is 0.191 e. The van der Waals surface area contributed by atoms with Crippen LogP contribution in [0, 0.1) is 12.7 Å². The number of guanidine groups is 1. The van der Waals surface area contributed by atoms with E-state index in [1.54, 1.807) is 19.2 Å². The van der Waals surface area contributed by atoms with Crippen molar-refractivity contribution in [1.82, 2.24) is 10.6 Å². The van der Waals surface area contributed by atoms with E-state index in [1.807, 2.05) is 13.0 Å². The lowest BCUT2D eigenvalue weighted by atomic mass is 10.1. The topological polar surface area (TPSA) is 36.4 Å². The molecule has 0 spiro atoms. The van der Waals surface area contributed by atoms with Crippen LogP contribution in [0.3, 0.4) is 0 Å². The van der Waals surface area contributed by atoms with Crippen LogP contribution in [0.1, 0.15) is 11.1 Å². The van der Waals surface area contributed by atoms with Gasteiger partial charge in [-0.3, -0.25) is 4.99 Å². The minimum absolute atomic E-state index is 0.187. The number of aliphatic imine (C=N–C) groups is 1.